The van der Waals surface area contributed by atoms with Gasteiger partial charge in [-0.1, -0.05) is 0 Å². The molecule has 2 heterocycles. The fourth-order valence-corrected chi connectivity index (χ4v) is 1.42. The number of aryl methyl sites for hydroxylation is 1. The Hall–Kier alpha value is -1.75. The van der Waals surface area contributed by atoms with Crippen molar-refractivity contribution in [2.45, 2.75) is 6.42 Å². The minimum Gasteiger partial charge on any atom is -0.330 e. The molecule has 0 aromatic carbocycles. The second-order valence-corrected chi connectivity index (χ2v) is 3.26. The zero-order valence-corrected chi connectivity index (χ0v) is 8.59. The summed E-state index contributed by atoms with van der Waals surface area (Å²) in [6.07, 6.45) is 4.21. The summed E-state index contributed by atoms with van der Waals surface area (Å²) in [7, 11) is 1.87. The lowest BCUT2D eigenvalue weighted by Gasteiger charge is -1.97. The monoisotopic (exact) mass is 203 g/mol. The minimum absolute atomic E-state index is 0.566. The number of nitrogens with zero attached hydrogens (tertiary/aromatic N) is 4. The fraction of sp³-hybridized carbons (Fsp3) is 0.300. The third-order valence-electron chi connectivity index (χ3n) is 2.09. The maximum atomic E-state index is 5.46. The molecular formula is C10H13N5. The summed E-state index contributed by atoms with van der Waals surface area (Å²) in [6, 6.07) is 3.84. The molecule has 2 aromatic heterocycles. The van der Waals surface area contributed by atoms with E-state index in [1.807, 2.05) is 19.2 Å². The molecule has 0 aliphatic heterocycles. The molecule has 0 amide bonds. The molecule has 0 aliphatic rings. The average Bonchev–Trinajstić information content (AvgIpc) is 2.61. The van der Waals surface area contributed by atoms with Crippen molar-refractivity contribution >= 4 is 0 Å². The lowest BCUT2D eigenvalue weighted by atomic mass is 10.3. The SMILES string of the molecule is Cn1nc(CCN)nc1-c1cccnc1. The molecule has 0 spiro atoms. The van der Waals surface area contributed by atoms with Crippen molar-refractivity contribution in [3.05, 3.63) is 30.4 Å². The van der Waals surface area contributed by atoms with Crippen LogP contribution in [-0.2, 0) is 13.5 Å². The van der Waals surface area contributed by atoms with E-state index in [0.717, 1.165) is 17.2 Å². The normalized spacial score (nSPS) is 10.5. The number of rotatable bonds is 3. The van der Waals surface area contributed by atoms with Gasteiger partial charge in [0, 0.05) is 31.4 Å². The number of hydrogen-bond donors (Lipinski definition) is 1. The minimum atomic E-state index is 0.566. The molecule has 0 saturated carbocycles. The molecule has 0 radical (unpaired) electrons. The van der Waals surface area contributed by atoms with Gasteiger partial charge in [0.05, 0.1) is 0 Å². The summed E-state index contributed by atoms with van der Waals surface area (Å²) in [5, 5.41) is 4.27. The maximum Gasteiger partial charge on any atom is 0.159 e. The molecule has 2 aromatic rings. The van der Waals surface area contributed by atoms with Crippen LogP contribution >= 0.6 is 0 Å². The van der Waals surface area contributed by atoms with Crippen molar-refractivity contribution in [3.8, 4) is 11.4 Å². The van der Waals surface area contributed by atoms with E-state index in [2.05, 4.69) is 15.1 Å². The van der Waals surface area contributed by atoms with Gasteiger partial charge in [0.2, 0.25) is 0 Å². The predicted molar refractivity (Wildman–Crippen MR) is 57.0 cm³/mol. The summed E-state index contributed by atoms with van der Waals surface area (Å²) in [4.78, 5) is 8.45. The van der Waals surface area contributed by atoms with Gasteiger partial charge in [-0.3, -0.25) is 4.98 Å². The molecule has 2 rings (SSSR count). The van der Waals surface area contributed by atoms with Gasteiger partial charge < -0.3 is 5.73 Å². The van der Waals surface area contributed by atoms with Crippen molar-refractivity contribution in [2.24, 2.45) is 12.8 Å². The Bertz CT molecular complexity index is 434. The third kappa shape index (κ3) is 2.02. The summed E-state index contributed by atoms with van der Waals surface area (Å²) in [5.41, 5.74) is 6.43. The van der Waals surface area contributed by atoms with E-state index in [0.29, 0.717) is 13.0 Å². The highest BCUT2D eigenvalue weighted by Gasteiger charge is 2.08. The maximum absolute atomic E-state index is 5.46. The van der Waals surface area contributed by atoms with E-state index in [9.17, 15) is 0 Å². The first-order valence-electron chi connectivity index (χ1n) is 4.81. The van der Waals surface area contributed by atoms with Gasteiger partial charge in [0.25, 0.3) is 0 Å². The van der Waals surface area contributed by atoms with E-state index in [1.165, 1.54) is 0 Å². The van der Waals surface area contributed by atoms with Crippen LogP contribution in [0.15, 0.2) is 24.5 Å². The van der Waals surface area contributed by atoms with E-state index >= 15 is 0 Å². The standard InChI is InChI=1S/C10H13N5/c1-15-10(8-3-2-6-12-7-8)13-9(14-15)4-5-11/h2-3,6-7H,4-5,11H2,1H3. The van der Waals surface area contributed by atoms with Gasteiger partial charge in [-0.2, -0.15) is 5.10 Å². The molecular weight excluding hydrogens is 190 g/mol. The van der Waals surface area contributed by atoms with Crippen molar-refractivity contribution in [3.63, 3.8) is 0 Å². The first-order valence-corrected chi connectivity index (χ1v) is 4.81. The van der Waals surface area contributed by atoms with Crippen LogP contribution in [0.1, 0.15) is 5.82 Å². The van der Waals surface area contributed by atoms with Gasteiger partial charge in [-0.05, 0) is 18.7 Å². The Kier molecular flexibility index (Phi) is 2.73. The molecule has 15 heavy (non-hydrogen) atoms. The Morgan fingerprint density at radius 1 is 1.47 bits per heavy atom. The van der Waals surface area contributed by atoms with Crippen LogP contribution in [0, 0.1) is 0 Å². The van der Waals surface area contributed by atoms with Crippen LogP contribution in [0.5, 0.6) is 0 Å². The van der Waals surface area contributed by atoms with Crippen molar-refractivity contribution < 1.29 is 0 Å². The highest BCUT2D eigenvalue weighted by atomic mass is 15.3. The van der Waals surface area contributed by atoms with Gasteiger partial charge in [0.1, 0.15) is 0 Å². The van der Waals surface area contributed by atoms with Crippen molar-refractivity contribution in [1.29, 1.82) is 0 Å². The number of nitrogens with two attached hydrogens (primary N) is 1. The molecule has 0 bridgehead atoms. The predicted octanol–water partition coefficient (Wildman–Crippen LogP) is 0.378. The van der Waals surface area contributed by atoms with Gasteiger partial charge in [0.15, 0.2) is 11.6 Å². The van der Waals surface area contributed by atoms with Crippen LogP contribution in [0.4, 0.5) is 0 Å². The zero-order valence-electron chi connectivity index (χ0n) is 8.59. The van der Waals surface area contributed by atoms with E-state index < -0.39 is 0 Å². The average molecular weight is 203 g/mol. The van der Waals surface area contributed by atoms with E-state index in [4.69, 9.17) is 5.73 Å². The lowest BCUT2D eigenvalue weighted by molar-refractivity contribution is 0.744. The first kappa shape index (κ1) is 9.79. The third-order valence-corrected chi connectivity index (χ3v) is 2.09. The molecule has 5 nitrogen and oxygen atoms in total. The molecule has 0 saturated heterocycles. The van der Waals surface area contributed by atoms with Crippen molar-refractivity contribution in [2.75, 3.05) is 6.54 Å². The molecule has 0 aliphatic carbocycles. The smallest absolute Gasteiger partial charge is 0.159 e. The molecule has 0 unspecified atom stereocenters. The number of hydrogen-bond acceptors (Lipinski definition) is 4. The highest BCUT2D eigenvalue weighted by Crippen LogP contribution is 2.14. The number of pyridine rings is 1. The van der Waals surface area contributed by atoms with Gasteiger partial charge >= 0.3 is 0 Å². The number of aromatic nitrogens is 4. The highest BCUT2D eigenvalue weighted by molar-refractivity contribution is 5.53. The summed E-state index contributed by atoms with van der Waals surface area (Å²) >= 11 is 0. The lowest BCUT2D eigenvalue weighted by Crippen LogP contribution is -2.04. The molecule has 0 fully saturated rings. The van der Waals surface area contributed by atoms with Gasteiger partial charge in [-0.15, -0.1) is 0 Å². The van der Waals surface area contributed by atoms with E-state index in [1.54, 1.807) is 17.1 Å². The molecule has 78 valence electrons. The van der Waals surface area contributed by atoms with Crippen LogP contribution in [0.3, 0.4) is 0 Å². The molecule has 0 atom stereocenters. The summed E-state index contributed by atoms with van der Waals surface area (Å²) in [6.45, 7) is 0.566. The quantitative estimate of drug-likeness (QED) is 0.782. The second kappa shape index (κ2) is 4.18. The summed E-state index contributed by atoms with van der Waals surface area (Å²) in [5.74, 6) is 1.60. The molecule has 2 N–H and O–H groups in total. The van der Waals surface area contributed by atoms with E-state index in [-0.39, 0.29) is 0 Å². The van der Waals surface area contributed by atoms with Crippen LogP contribution in [0.25, 0.3) is 11.4 Å². The first-order chi connectivity index (χ1) is 7.31. The van der Waals surface area contributed by atoms with Gasteiger partial charge in [-0.25, -0.2) is 9.67 Å². The van der Waals surface area contributed by atoms with Crippen molar-refractivity contribution in [1.82, 2.24) is 19.7 Å². The Morgan fingerprint density at radius 2 is 2.33 bits per heavy atom. The topological polar surface area (TPSA) is 69.6 Å². The van der Waals surface area contributed by atoms with Crippen LogP contribution in [0.2, 0.25) is 0 Å². The second-order valence-electron chi connectivity index (χ2n) is 3.26. The van der Waals surface area contributed by atoms with Crippen LogP contribution in [-0.4, -0.2) is 26.3 Å². The Balaban J connectivity index is 2.36. The zero-order chi connectivity index (χ0) is 10.7. The summed E-state index contributed by atoms with van der Waals surface area (Å²) < 4.78 is 1.75. The Labute approximate surface area is 88.0 Å². The van der Waals surface area contributed by atoms with Crippen LogP contribution < -0.4 is 5.73 Å². The fourth-order valence-electron chi connectivity index (χ4n) is 1.42. The largest absolute Gasteiger partial charge is 0.330 e. The Morgan fingerprint density at radius 3 is 3.00 bits per heavy atom. The molecule has 5 heteroatoms.